The van der Waals surface area contributed by atoms with Crippen molar-refractivity contribution in [3.8, 4) is 0 Å². The van der Waals surface area contributed by atoms with E-state index in [4.69, 9.17) is 9.84 Å². The van der Waals surface area contributed by atoms with Crippen molar-refractivity contribution >= 4 is 5.97 Å². The Kier molecular flexibility index (Phi) is 6.42. The van der Waals surface area contributed by atoms with Crippen LogP contribution in [0.4, 0.5) is 0 Å². The molecule has 1 heterocycles. The van der Waals surface area contributed by atoms with E-state index in [1.165, 1.54) is 0 Å². The van der Waals surface area contributed by atoms with Crippen LogP contribution in [0.25, 0.3) is 0 Å². The van der Waals surface area contributed by atoms with E-state index in [1.807, 2.05) is 6.92 Å². The van der Waals surface area contributed by atoms with Gasteiger partial charge in [-0.1, -0.05) is 12.5 Å². The number of hydrogen-bond acceptors (Lipinski definition) is 5. The van der Waals surface area contributed by atoms with Crippen molar-refractivity contribution in [1.29, 1.82) is 0 Å². The van der Waals surface area contributed by atoms with Gasteiger partial charge in [-0.3, -0.25) is 0 Å². The van der Waals surface area contributed by atoms with Crippen molar-refractivity contribution in [1.82, 2.24) is 0 Å². The molecule has 1 saturated heterocycles. The van der Waals surface area contributed by atoms with Gasteiger partial charge in [-0.15, -0.1) is 0 Å². The molecule has 0 bridgehead atoms. The van der Waals surface area contributed by atoms with Crippen molar-refractivity contribution in [2.75, 3.05) is 0 Å². The molecule has 4 N–H and O–H groups in total. The summed E-state index contributed by atoms with van der Waals surface area (Å²) in [6.07, 6.45) is 1.89. The minimum absolute atomic E-state index is 0.0174. The fourth-order valence-electron chi connectivity index (χ4n) is 3.87. The second-order valence-electron chi connectivity index (χ2n) is 7.59. The lowest BCUT2D eigenvalue weighted by atomic mass is 9.73. The minimum Gasteiger partial charge on any atom is -0.478 e. The van der Waals surface area contributed by atoms with Crippen LogP contribution in [0, 0.1) is 17.8 Å². The molecule has 2 rings (SSSR count). The first-order chi connectivity index (χ1) is 11.2. The van der Waals surface area contributed by atoms with Crippen LogP contribution in [0.3, 0.4) is 0 Å². The Labute approximate surface area is 143 Å². The van der Waals surface area contributed by atoms with Crippen LogP contribution < -0.4 is 0 Å². The highest BCUT2D eigenvalue weighted by atomic mass is 16.6. The largest absolute Gasteiger partial charge is 0.478 e. The smallest absolute Gasteiger partial charge is 0.328 e. The van der Waals surface area contributed by atoms with Gasteiger partial charge in [0.25, 0.3) is 0 Å². The number of hydrogen-bond donors (Lipinski definition) is 4. The second-order valence-corrected chi connectivity index (χ2v) is 7.59. The highest BCUT2D eigenvalue weighted by molar-refractivity contribution is 5.80. The molecule has 0 spiro atoms. The molecule has 2 aliphatic rings. The van der Waals surface area contributed by atoms with Crippen LogP contribution in [0.15, 0.2) is 11.6 Å². The van der Waals surface area contributed by atoms with E-state index in [-0.39, 0.29) is 30.0 Å². The number of epoxide rings is 1. The van der Waals surface area contributed by atoms with Gasteiger partial charge in [-0.05, 0) is 51.4 Å². The normalized spacial score (nSPS) is 39.3. The van der Waals surface area contributed by atoms with Gasteiger partial charge < -0.3 is 25.2 Å². The van der Waals surface area contributed by atoms with Crippen LogP contribution in [0.2, 0.25) is 0 Å². The van der Waals surface area contributed by atoms with E-state index in [9.17, 15) is 20.1 Å². The Morgan fingerprint density at radius 2 is 1.79 bits per heavy atom. The van der Waals surface area contributed by atoms with Crippen molar-refractivity contribution in [3.05, 3.63) is 11.6 Å². The lowest BCUT2D eigenvalue weighted by molar-refractivity contribution is -0.131. The highest BCUT2D eigenvalue weighted by Crippen LogP contribution is 2.41. The number of carbonyl (C=O) groups is 1. The molecular weight excluding hydrogens is 312 g/mol. The lowest BCUT2D eigenvalue weighted by Crippen LogP contribution is -2.44. The van der Waals surface area contributed by atoms with Gasteiger partial charge in [-0.25, -0.2) is 4.79 Å². The molecule has 2 unspecified atom stereocenters. The number of rotatable bonds is 7. The fraction of sp³-hybridized carbons (Fsp3) is 0.833. The van der Waals surface area contributed by atoms with Crippen molar-refractivity contribution in [2.45, 2.75) is 77.0 Å². The fourth-order valence-corrected chi connectivity index (χ4v) is 3.87. The van der Waals surface area contributed by atoms with Gasteiger partial charge >= 0.3 is 5.97 Å². The zero-order chi connectivity index (χ0) is 18.0. The number of aliphatic hydroxyl groups is 3. The molecule has 1 aliphatic heterocycles. The second kappa shape index (κ2) is 7.95. The Balaban J connectivity index is 1.84. The first-order valence-electron chi connectivity index (χ1n) is 8.80. The summed E-state index contributed by atoms with van der Waals surface area (Å²) in [5.74, 6) is -1.05. The van der Waals surface area contributed by atoms with Crippen molar-refractivity contribution in [3.63, 3.8) is 0 Å². The third-order valence-electron chi connectivity index (χ3n) is 5.61. The number of carboxylic acids is 1. The SMILES string of the molecule is C/C(=C\C(=O)O)C[C@@H]1CCC(C[C@@H]2O[C@H]2[C@@H](C)C(C)O)[C@@H](O)[C@H]1O. The number of allylic oxidation sites excluding steroid dienone is 1. The summed E-state index contributed by atoms with van der Waals surface area (Å²) in [6, 6.07) is 0. The Morgan fingerprint density at radius 1 is 1.21 bits per heavy atom. The lowest BCUT2D eigenvalue weighted by Gasteiger charge is -2.38. The summed E-state index contributed by atoms with van der Waals surface area (Å²) < 4.78 is 5.63. The third kappa shape index (κ3) is 4.79. The molecule has 6 nitrogen and oxygen atoms in total. The molecule has 0 aromatic heterocycles. The van der Waals surface area contributed by atoms with Gasteiger partial charge in [0.05, 0.1) is 30.5 Å². The van der Waals surface area contributed by atoms with Crippen LogP contribution in [0.5, 0.6) is 0 Å². The third-order valence-corrected chi connectivity index (χ3v) is 5.61. The molecule has 2 fully saturated rings. The molecule has 8 atom stereocenters. The molecule has 0 aromatic carbocycles. The van der Waals surface area contributed by atoms with E-state index in [0.717, 1.165) is 18.9 Å². The van der Waals surface area contributed by atoms with Crippen LogP contribution in [-0.4, -0.2) is 56.9 Å². The number of carboxylic acid groups (broad SMARTS) is 1. The number of aliphatic hydroxyl groups excluding tert-OH is 3. The maximum absolute atomic E-state index is 10.7. The van der Waals surface area contributed by atoms with Gasteiger partial charge in [0.1, 0.15) is 0 Å². The summed E-state index contributed by atoms with van der Waals surface area (Å²) in [4.78, 5) is 10.7. The summed E-state index contributed by atoms with van der Waals surface area (Å²) in [5.41, 5.74) is 0.702. The molecule has 138 valence electrons. The van der Waals surface area contributed by atoms with Crippen LogP contribution in [0.1, 0.15) is 46.5 Å². The zero-order valence-electron chi connectivity index (χ0n) is 14.6. The molecule has 6 heteroatoms. The highest BCUT2D eigenvalue weighted by Gasteiger charge is 2.48. The van der Waals surface area contributed by atoms with Crippen molar-refractivity contribution < 1.29 is 30.0 Å². The predicted octanol–water partition coefficient (Wildman–Crippen LogP) is 1.33. The quantitative estimate of drug-likeness (QED) is 0.410. The van der Waals surface area contributed by atoms with Gasteiger partial charge in [0.15, 0.2) is 0 Å². The van der Waals surface area contributed by atoms with E-state index in [0.29, 0.717) is 18.4 Å². The maximum Gasteiger partial charge on any atom is 0.328 e. The first kappa shape index (κ1) is 19.4. The zero-order valence-corrected chi connectivity index (χ0v) is 14.6. The summed E-state index contributed by atoms with van der Waals surface area (Å²) >= 11 is 0. The first-order valence-corrected chi connectivity index (χ1v) is 8.80. The average Bonchev–Trinajstić information content (AvgIpc) is 3.24. The van der Waals surface area contributed by atoms with Crippen LogP contribution in [-0.2, 0) is 9.53 Å². The van der Waals surface area contributed by atoms with E-state index in [1.54, 1.807) is 13.8 Å². The van der Waals surface area contributed by atoms with E-state index in [2.05, 4.69) is 0 Å². The topological polar surface area (TPSA) is 111 Å². The maximum atomic E-state index is 10.7. The molecule has 1 saturated carbocycles. The molecule has 0 amide bonds. The molecule has 0 aromatic rings. The summed E-state index contributed by atoms with van der Waals surface area (Å²) in [5, 5.41) is 39.2. The Bertz CT molecular complexity index is 474. The van der Waals surface area contributed by atoms with Gasteiger partial charge in [0, 0.05) is 12.0 Å². The van der Waals surface area contributed by atoms with Crippen molar-refractivity contribution in [2.24, 2.45) is 17.8 Å². The van der Waals surface area contributed by atoms with Gasteiger partial charge in [0.2, 0.25) is 0 Å². The summed E-state index contributed by atoms with van der Waals surface area (Å²) in [7, 11) is 0. The molecule has 1 aliphatic carbocycles. The molecular formula is C18H30O6. The summed E-state index contributed by atoms with van der Waals surface area (Å²) in [6.45, 7) is 5.44. The van der Waals surface area contributed by atoms with Crippen LogP contribution >= 0.6 is 0 Å². The number of aliphatic carboxylic acids is 1. The minimum atomic E-state index is -0.986. The van der Waals surface area contributed by atoms with E-state index >= 15 is 0 Å². The van der Waals surface area contributed by atoms with E-state index < -0.39 is 24.3 Å². The number of ether oxygens (including phenoxy) is 1. The molecule has 0 radical (unpaired) electrons. The van der Waals surface area contributed by atoms with Gasteiger partial charge in [-0.2, -0.15) is 0 Å². The molecule has 24 heavy (non-hydrogen) atoms. The monoisotopic (exact) mass is 342 g/mol. The standard InChI is InChI=1S/C18H30O6/c1-9(7-15(20)21)6-12-4-5-13(17(23)16(12)22)8-14-18(24-14)10(2)11(3)19/h7,10-14,16-19,22-23H,4-6,8H2,1-3H3,(H,20,21)/b9-7+/t10-,11?,12-,13?,14-,16-,17+,18-/m0/s1. The average molecular weight is 342 g/mol. The predicted molar refractivity (Wildman–Crippen MR) is 88.4 cm³/mol. The Hall–Kier alpha value is -0.950. The Morgan fingerprint density at radius 3 is 2.38 bits per heavy atom.